The van der Waals surface area contributed by atoms with Gasteiger partial charge in [0.15, 0.2) is 6.61 Å². The number of carbonyl (C=O) groups excluding carboxylic acids is 2. The van der Waals surface area contributed by atoms with Crippen LogP contribution >= 0.6 is 0 Å². The number of nitrogens with one attached hydrogen (secondary N) is 2. The molecule has 0 saturated carbocycles. The zero-order chi connectivity index (χ0) is 24.9. The smallest absolute Gasteiger partial charge is 0.341 e. The van der Waals surface area contributed by atoms with Gasteiger partial charge in [0.05, 0.1) is 6.21 Å². The highest BCUT2D eigenvalue weighted by Crippen LogP contribution is 2.11. The molecule has 35 heavy (non-hydrogen) atoms. The van der Waals surface area contributed by atoms with E-state index in [2.05, 4.69) is 15.8 Å². The van der Waals surface area contributed by atoms with Gasteiger partial charge in [-0.2, -0.15) is 5.10 Å². The third kappa shape index (κ3) is 8.47. The van der Waals surface area contributed by atoms with Crippen molar-refractivity contribution in [1.29, 1.82) is 0 Å². The number of aliphatic carboxylic acids is 1. The quantitative estimate of drug-likeness (QED) is 0.181. The van der Waals surface area contributed by atoms with Crippen LogP contribution in [0.15, 0.2) is 108 Å². The van der Waals surface area contributed by atoms with Gasteiger partial charge in [0.2, 0.25) is 0 Å². The molecule has 0 aliphatic heterocycles. The van der Waals surface area contributed by atoms with Crippen molar-refractivity contribution < 1.29 is 24.2 Å². The Morgan fingerprint density at radius 1 is 0.857 bits per heavy atom. The molecule has 3 rings (SSSR count). The van der Waals surface area contributed by atoms with Gasteiger partial charge in [-0.15, -0.1) is 0 Å². The van der Waals surface area contributed by atoms with E-state index in [1.807, 2.05) is 30.3 Å². The lowest BCUT2D eigenvalue weighted by Gasteiger charge is -2.08. The molecular weight excluding hydrogens is 446 g/mol. The molecule has 3 N–H and O–H groups in total. The summed E-state index contributed by atoms with van der Waals surface area (Å²) in [4.78, 5) is 35.9. The highest BCUT2D eigenvalue weighted by Gasteiger charge is 2.13. The fourth-order valence-electron chi connectivity index (χ4n) is 2.80. The third-order valence-electron chi connectivity index (χ3n) is 4.50. The number of carboxylic acids is 1. The number of carbonyl (C=O) groups is 3. The Hall–Kier alpha value is -4.98. The van der Waals surface area contributed by atoms with Gasteiger partial charge in [-0.3, -0.25) is 9.59 Å². The number of allylic oxidation sites excluding steroid dienone is 2. The molecule has 8 heteroatoms. The van der Waals surface area contributed by atoms with Gasteiger partial charge < -0.3 is 15.2 Å². The summed E-state index contributed by atoms with van der Waals surface area (Å²) in [5, 5.41) is 15.2. The maximum atomic E-state index is 12.7. The van der Waals surface area contributed by atoms with E-state index in [-0.39, 0.29) is 5.70 Å². The van der Waals surface area contributed by atoms with Gasteiger partial charge in [-0.05, 0) is 53.6 Å². The van der Waals surface area contributed by atoms with E-state index in [4.69, 9.17) is 9.84 Å². The van der Waals surface area contributed by atoms with Crippen molar-refractivity contribution in [1.82, 2.24) is 10.7 Å². The second-order valence-electron chi connectivity index (χ2n) is 7.12. The molecule has 0 aliphatic rings. The number of benzene rings is 3. The zero-order valence-corrected chi connectivity index (χ0v) is 18.6. The van der Waals surface area contributed by atoms with E-state index >= 15 is 0 Å². The van der Waals surface area contributed by atoms with Crippen LogP contribution in [0, 0.1) is 0 Å². The number of ether oxygens (including phenoxy) is 1. The molecular formula is C27H23N3O5. The summed E-state index contributed by atoms with van der Waals surface area (Å²) in [6.07, 6.45) is 6.37. The zero-order valence-electron chi connectivity index (χ0n) is 18.6. The van der Waals surface area contributed by atoms with E-state index in [0.29, 0.717) is 16.9 Å². The Morgan fingerprint density at radius 3 is 2.17 bits per heavy atom. The van der Waals surface area contributed by atoms with Crippen LogP contribution in [0.5, 0.6) is 5.75 Å². The first-order valence-electron chi connectivity index (χ1n) is 10.6. The molecule has 0 radical (unpaired) electrons. The summed E-state index contributed by atoms with van der Waals surface area (Å²) in [5.74, 6) is -1.71. The van der Waals surface area contributed by atoms with Gasteiger partial charge in [0.1, 0.15) is 11.4 Å². The lowest BCUT2D eigenvalue weighted by Crippen LogP contribution is -2.32. The summed E-state index contributed by atoms with van der Waals surface area (Å²) in [6, 6.07) is 24.6. The number of carboxylic acid groups (broad SMARTS) is 1. The topological polar surface area (TPSA) is 117 Å². The molecule has 0 aromatic heterocycles. The molecule has 3 aromatic rings. The van der Waals surface area contributed by atoms with Gasteiger partial charge in [-0.25, -0.2) is 10.2 Å². The van der Waals surface area contributed by atoms with Gasteiger partial charge >= 0.3 is 5.97 Å². The summed E-state index contributed by atoms with van der Waals surface area (Å²) >= 11 is 0. The SMILES string of the molecule is O=C(O)COc1ccc(C=NNC(=O)/C(=C/C=C/c2ccccc2)NC(=O)c2ccccc2)cc1. The molecule has 2 amide bonds. The molecule has 0 atom stereocenters. The summed E-state index contributed by atoms with van der Waals surface area (Å²) < 4.78 is 5.07. The third-order valence-corrected chi connectivity index (χ3v) is 4.50. The summed E-state index contributed by atoms with van der Waals surface area (Å²) in [7, 11) is 0. The first-order valence-corrected chi connectivity index (χ1v) is 10.6. The second kappa shape index (κ2) is 12.9. The van der Waals surface area contributed by atoms with Crippen molar-refractivity contribution in [3.63, 3.8) is 0 Å². The number of nitrogens with zero attached hydrogens (tertiary/aromatic N) is 1. The van der Waals surface area contributed by atoms with E-state index in [9.17, 15) is 14.4 Å². The molecule has 3 aromatic carbocycles. The predicted octanol–water partition coefficient (Wildman–Crippen LogP) is 3.63. The molecule has 176 valence electrons. The monoisotopic (exact) mass is 469 g/mol. The number of hydrogen-bond acceptors (Lipinski definition) is 5. The Kier molecular flexibility index (Phi) is 9.09. The van der Waals surface area contributed by atoms with Crippen molar-refractivity contribution in [3.8, 4) is 5.75 Å². The largest absolute Gasteiger partial charge is 0.482 e. The van der Waals surface area contributed by atoms with Crippen LogP contribution in [-0.2, 0) is 9.59 Å². The maximum Gasteiger partial charge on any atom is 0.341 e. The van der Waals surface area contributed by atoms with E-state index in [1.165, 1.54) is 12.3 Å². The Bertz CT molecular complexity index is 1230. The summed E-state index contributed by atoms with van der Waals surface area (Å²) in [6.45, 7) is -0.438. The Labute approximate surface area is 202 Å². The molecule has 0 bridgehead atoms. The molecule has 0 heterocycles. The second-order valence-corrected chi connectivity index (χ2v) is 7.12. The molecule has 0 unspecified atom stereocenters. The maximum absolute atomic E-state index is 12.7. The van der Waals surface area contributed by atoms with Crippen molar-refractivity contribution in [3.05, 3.63) is 119 Å². The fraction of sp³-hybridized carbons (Fsp3) is 0.0370. The molecule has 0 fully saturated rings. The standard InChI is InChI=1S/C27H23N3O5/c31-25(32)19-35-23-16-14-21(15-17-23)18-28-30-27(34)24(13-7-10-20-8-3-1-4-9-20)29-26(33)22-11-5-2-6-12-22/h1-18H,19H2,(H,29,33)(H,30,34)(H,31,32)/b10-7+,24-13-,28-18?. The number of hydrazone groups is 1. The van der Waals surface area contributed by atoms with Crippen LogP contribution in [0.1, 0.15) is 21.5 Å². The van der Waals surface area contributed by atoms with Crippen LogP contribution in [0.2, 0.25) is 0 Å². The van der Waals surface area contributed by atoms with Gasteiger partial charge in [0, 0.05) is 5.56 Å². The first-order chi connectivity index (χ1) is 17.0. The van der Waals surface area contributed by atoms with Crippen molar-refractivity contribution in [2.24, 2.45) is 5.10 Å². The minimum atomic E-state index is -1.07. The number of amides is 2. The highest BCUT2D eigenvalue weighted by atomic mass is 16.5. The number of hydrogen-bond donors (Lipinski definition) is 3. The molecule has 0 spiro atoms. The van der Waals surface area contributed by atoms with E-state index < -0.39 is 24.4 Å². The first kappa shape index (κ1) is 24.7. The van der Waals surface area contributed by atoms with Crippen LogP contribution in [0.4, 0.5) is 0 Å². The van der Waals surface area contributed by atoms with Crippen molar-refractivity contribution in [2.75, 3.05) is 6.61 Å². The highest BCUT2D eigenvalue weighted by molar-refractivity contribution is 6.03. The molecule has 0 aliphatic carbocycles. The number of rotatable bonds is 10. The lowest BCUT2D eigenvalue weighted by atomic mass is 10.2. The van der Waals surface area contributed by atoms with E-state index in [0.717, 1.165) is 5.56 Å². The van der Waals surface area contributed by atoms with Gasteiger partial charge in [-0.1, -0.05) is 60.7 Å². The van der Waals surface area contributed by atoms with E-state index in [1.54, 1.807) is 66.7 Å². The minimum Gasteiger partial charge on any atom is -0.482 e. The van der Waals surface area contributed by atoms with Crippen LogP contribution in [0.25, 0.3) is 6.08 Å². The van der Waals surface area contributed by atoms with Crippen LogP contribution in [0.3, 0.4) is 0 Å². The molecule has 8 nitrogen and oxygen atoms in total. The van der Waals surface area contributed by atoms with Crippen LogP contribution < -0.4 is 15.5 Å². The average molecular weight is 469 g/mol. The normalized spacial score (nSPS) is 11.4. The summed E-state index contributed by atoms with van der Waals surface area (Å²) in [5.41, 5.74) is 4.41. The predicted molar refractivity (Wildman–Crippen MR) is 133 cm³/mol. The van der Waals surface area contributed by atoms with Gasteiger partial charge in [0.25, 0.3) is 11.8 Å². The Morgan fingerprint density at radius 2 is 1.51 bits per heavy atom. The molecule has 0 saturated heterocycles. The Balaban J connectivity index is 1.68. The van der Waals surface area contributed by atoms with Crippen molar-refractivity contribution >= 4 is 30.1 Å². The average Bonchev–Trinajstić information content (AvgIpc) is 2.88. The van der Waals surface area contributed by atoms with Crippen LogP contribution in [-0.4, -0.2) is 35.7 Å². The fourth-order valence-corrected chi connectivity index (χ4v) is 2.80. The minimum absolute atomic E-state index is 0.0144. The van der Waals surface area contributed by atoms with Crippen molar-refractivity contribution in [2.45, 2.75) is 0 Å². The lowest BCUT2D eigenvalue weighted by molar-refractivity contribution is -0.139.